The Morgan fingerprint density at radius 2 is 1.71 bits per heavy atom. The number of phosphoric acid groups is 1. The standard InChI is InChI=1S/C19H36NO10P/c1-7-14(2)8-10-27-19(5,6)18(23)20-9-11-28-31(24,25)29-13-17(30-16(4)22)12-26-15(3)21/h14,17H,7-13H2,1-6H3,(H,20,23)(H,24,25)/t14?,17-/m1/s1. The molecule has 0 bridgehead atoms. The Bertz CT molecular complexity index is 625. The summed E-state index contributed by atoms with van der Waals surface area (Å²) in [6, 6.07) is 0. The molecule has 0 fully saturated rings. The van der Waals surface area contributed by atoms with Crippen LogP contribution in [0.5, 0.6) is 0 Å². The van der Waals surface area contributed by atoms with Crippen LogP contribution in [0.25, 0.3) is 0 Å². The maximum Gasteiger partial charge on any atom is 0.472 e. The molecule has 182 valence electrons. The summed E-state index contributed by atoms with van der Waals surface area (Å²) in [6.45, 7) is 9.00. The molecule has 0 radical (unpaired) electrons. The van der Waals surface area contributed by atoms with Gasteiger partial charge in [-0.1, -0.05) is 20.3 Å². The molecule has 3 atom stereocenters. The van der Waals surface area contributed by atoms with Gasteiger partial charge in [-0.25, -0.2) is 4.57 Å². The first kappa shape index (κ1) is 29.5. The Morgan fingerprint density at radius 1 is 1.06 bits per heavy atom. The molecule has 31 heavy (non-hydrogen) atoms. The molecular formula is C19H36NO10P. The fourth-order valence-electron chi connectivity index (χ4n) is 2.10. The van der Waals surface area contributed by atoms with E-state index in [4.69, 9.17) is 23.3 Å². The molecular weight excluding hydrogens is 433 g/mol. The summed E-state index contributed by atoms with van der Waals surface area (Å²) in [4.78, 5) is 43.9. The number of carbonyl (C=O) groups excluding carboxylic acids is 3. The minimum atomic E-state index is -4.48. The van der Waals surface area contributed by atoms with Gasteiger partial charge >= 0.3 is 19.8 Å². The Balaban J connectivity index is 4.34. The van der Waals surface area contributed by atoms with E-state index in [0.717, 1.165) is 26.7 Å². The summed E-state index contributed by atoms with van der Waals surface area (Å²) >= 11 is 0. The van der Waals surface area contributed by atoms with Gasteiger partial charge in [0.2, 0.25) is 0 Å². The van der Waals surface area contributed by atoms with Gasteiger partial charge in [-0.05, 0) is 26.2 Å². The lowest BCUT2D eigenvalue weighted by atomic mass is 10.1. The Morgan fingerprint density at radius 3 is 2.26 bits per heavy atom. The van der Waals surface area contributed by atoms with Crippen LogP contribution in [0, 0.1) is 5.92 Å². The van der Waals surface area contributed by atoms with Gasteiger partial charge in [0.1, 0.15) is 12.2 Å². The first-order chi connectivity index (χ1) is 14.3. The zero-order valence-electron chi connectivity index (χ0n) is 19.2. The first-order valence-corrected chi connectivity index (χ1v) is 11.6. The summed E-state index contributed by atoms with van der Waals surface area (Å²) in [5.74, 6) is -1.17. The fourth-order valence-corrected chi connectivity index (χ4v) is 2.85. The second kappa shape index (κ2) is 14.5. The van der Waals surface area contributed by atoms with Gasteiger partial charge in [0.05, 0.1) is 13.2 Å². The van der Waals surface area contributed by atoms with Crippen LogP contribution in [0.1, 0.15) is 54.4 Å². The van der Waals surface area contributed by atoms with E-state index in [2.05, 4.69) is 19.2 Å². The summed E-state index contributed by atoms with van der Waals surface area (Å²) in [6.07, 6.45) is 0.799. The lowest BCUT2D eigenvalue weighted by molar-refractivity contribution is -0.158. The summed E-state index contributed by atoms with van der Waals surface area (Å²) in [5.41, 5.74) is -1.05. The van der Waals surface area contributed by atoms with E-state index < -0.39 is 38.1 Å². The van der Waals surface area contributed by atoms with E-state index in [1.54, 1.807) is 13.8 Å². The first-order valence-electron chi connectivity index (χ1n) is 10.1. The number of amides is 1. The van der Waals surface area contributed by atoms with Crippen molar-refractivity contribution in [3.8, 4) is 0 Å². The highest BCUT2D eigenvalue weighted by molar-refractivity contribution is 7.47. The molecule has 0 heterocycles. The number of rotatable bonds is 16. The zero-order valence-corrected chi connectivity index (χ0v) is 20.1. The molecule has 0 aromatic carbocycles. The number of nitrogens with one attached hydrogen (secondary N) is 1. The topological polar surface area (TPSA) is 147 Å². The van der Waals surface area contributed by atoms with E-state index in [1.165, 1.54) is 0 Å². The lowest BCUT2D eigenvalue weighted by Gasteiger charge is -2.25. The van der Waals surface area contributed by atoms with E-state index in [-0.39, 0.29) is 25.7 Å². The number of ether oxygens (including phenoxy) is 3. The molecule has 0 saturated carbocycles. The van der Waals surface area contributed by atoms with Crippen LogP contribution in [0.2, 0.25) is 0 Å². The third kappa shape index (κ3) is 15.0. The Hall–Kier alpha value is -1.52. The van der Waals surface area contributed by atoms with E-state index in [1.807, 2.05) is 0 Å². The van der Waals surface area contributed by atoms with Crippen molar-refractivity contribution in [3.05, 3.63) is 0 Å². The van der Waals surface area contributed by atoms with Crippen molar-refractivity contribution < 1.29 is 47.1 Å². The van der Waals surface area contributed by atoms with Crippen LogP contribution < -0.4 is 5.32 Å². The van der Waals surface area contributed by atoms with Crippen molar-refractivity contribution in [1.29, 1.82) is 0 Å². The SMILES string of the molecule is CCC(C)CCOC(C)(C)C(=O)NCCOP(=O)(O)OC[C@@H](COC(C)=O)OC(C)=O. The van der Waals surface area contributed by atoms with Gasteiger partial charge in [0.15, 0.2) is 6.10 Å². The largest absolute Gasteiger partial charge is 0.472 e. The molecule has 0 aliphatic carbocycles. The van der Waals surface area contributed by atoms with Crippen LogP contribution in [-0.2, 0) is 42.2 Å². The molecule has 0 aliphatic heterocycles. The highest BCUT2D eigenvalue weighted by Crippen LogP contribution is 2.43. The average Bonchev–Trinajstić information content (AvgIpc) is 2.66. The molecule has 2 N–H and O–H groups in total. The Labute approximate surface area is 183 Å². The van der Waals surface area contributed by atoms with Crippen LogP contribution in [0.3, 0.4) is 0 Å². The van der Waals surface area contributed by atoms with Gasteiger partial charge in [-0.15, -0.1) is 0 Å². The minimum Gasteiger partial charge on any atom is -0.462 e. The quantitative estimate of drug-likeness (QED) is 0.195. The predicted molar refractivity (Wildman–Crippen MR) is 111 cm³/mol. The predicted octanol–water partition coefficient (Wildman–Crippen LogP) is 1.96. The van der Waals surface area contributed by atoms with Crippen LogP contribution >= 0.6 is 7.82 Å². The van der Waals surface area contributed by atoms with Crippen molar-refractivity contribution in [2.24, 2.45) is 5.92 Å². The van der Waals surface area contributed by atoms with Crippen molar-refractivity contribution >= 4 is 25.7 Å². The maximum absolute atomic E-state index is 12.2. The number of phosphoric ester groups is 1. The van der Waals surface area contributed by atoms with Crippen molar-refractivity contribution in [2.75, 3.05) is 33.0 Å². The molecule has 0 rings (SSSR count). The molecule has 0 aliphatic rings. The third-order valence-electron chi connectivity index (χ3n) is 4.19. The number of carbonyl (C=O) groups is 3. The van der Waals surface area contributed by atoms with Crippen LogP contribution in [0.4, 0.5) is 0 Å². The smallest absolute Gasteiger partial charge is 0.462 e. The highest BCUT2D eigenvalue weighted by Gasteiger charge is 2.29. The maximum atomic E-state index is 12.2. The monoisotopic (exact) mass is 469 g/mol. The van der Waals surface area contributed by atoms with Crippen molar-refractivity contribution in [1.82, 2.24) is 5.32 Å². The normalized spacial score (nSPS) is 15.5. The minimum absolute atomic E-state index is 0.0499. The molecule has 11 nitrogen and oxygen atoms in total. The van der Waals surface area contributed by atoms with Gasteiger partial charge in [-0.2, -0.15) is 0 Å². The molecule has 0 saturated heterocycles. The van der Waals surface area contributed by atoms with Crippen LogP contribution in [-0.4, -0.2) is 67.4 Å². The third-order valence-corrected chi connectivity index (χ3v) is 5.17. The van der Waals surface area contributed by atoms with E-state index in [0.29, 0.717) is 12.5 Å². The fraction of sp³-hybridized carbons (Fsp3) is 0.842. The summed E-state index contributed by atoms with van der Waals surface area (Å²) < 4.78 is 36.7. The second-order valence-electron chi connectivity index (χ2n) is 7.55. The highest BCUT2D eigenvalue weighted by atomic mass is 31.2. The van der Waals surface area contributed by atoms with Gasteiger partial charge in [-0.3, -0.25) is 23.4 Å². The molecule has 12 heteroatoms. The summed E-state index contributed by atoms with van der Waals surface area (Å²) in [5, 5.41) is 2.57. The zero-order chi connectivity index (χ0) is 24.1. The van der Waals surface area contributed by atoms with Gasteiger partial charge in [0.25, 0.3) is 5.91 Å². The number of esters is 2. The average molecular weight is 469 g/mol. The number of hydrogen-bond donors (Lipinski definition) is 2. The molecule has 1 amide bonds. The molecule has 0 aromatic rings. The second-order valence-corrected chi connectivity index (χ2v) is 9.00. The van der Waals surface area contributed by atoms with E-state index >= 15 is 0 Å². The van der Waals surface area contributed by atoms with Gasteiger partial charge in [0, 0.05) is 27.0 Å². The molecule has 0 spiro atoms. The lowest BCUT2D eigenvalue weighted by Crippen LogP contribution is -2.45. The van der Waals surface area contributed by atoms with Crippen LogP contribution in [0.15, 0.2) is 0 Å². The molecule has 0 aromatic heterocycles. The summed E-state index contributed by atoms with van der Waals surface area (Å²) in [7, 11) is -4.48. The van der Waals surface area contributed by atoms with Crippen molar-refractivity contribution in [3.63, 3.8) is 0 Å². The van der Waals surface area contributed by atoms with E-state index in [9.17, 15) is 23.8 Å². The molecule has 2 unspecified atom stereocenters. The van der Waals surface area contributed by atoms with Gasteiger partial charge < -0.3 is 24.4 Å². The number of hydrogen-bond acceptors (Lipinski definition) is 9. The van der Waals surface area contributed by atoms with Crippen molar-refractivity contribution in [2.45, 2.75) is 66.1 Å². The Kier molecular flexibility index (Phi) is 13.8.